The number of nitrogen functional groups attached to an aromatic ring is 1. The maximum absolute atomic E-state index is 12.3. The van der Waals surface area contributed by atoms with Crippen molar-refractivity contribution in [2.45, 2.75) is 31.6 Å². The fraction of sp³-hybridized carbons (Fsp3) is 0.357. The molecule has 20 heavy (non-hydrogen) atoms. The summed E-state index contributed by atoms with van der Waals surface area (Å²) in [4.78, 5) is 12.3. The lowest BCUT2D eigenvalue weighted by Crippen LogP contribution is -2.16. The molecule has 0 unspecified atom stereocenters. The molecule has 3 N–H and O–H groups in total. The zero-order valence-corrected chi connectivity index (χ0v) is 12.3. The summed E-state index contributed by atoms with van der Waals surface area (Å²) in [6, 6.07) is 5.06. The van der Waals surface area contributed by atoms with Crippen molar-refractivity contribution < 1.29 is 0 Å². The standard InChI is InChI=1S/C14H15Cl2N3O/c15-10-6-5-9(7-11(10)16)19-14(20)12(17)13(18-19)8-3-1-2-4-8/h5-8,18H,1-4,17H2. The largest absolute Gasteiger partial charge is 0.393 e. The van der Waals surface area contributed by atoms with E-state index in [9.17, 15) is 4.79 Å². The minimum absolute atomic E-state index is 0.231. The average molecular weight is 312 g/mol. The Labute approximate surface area is 126 Å². The molecule has 1 aromatic heterocycles. The number of hydrogen-bond acceptors (Lipinski definition) is 2. The fourth-order valence-electron chi connectivity index (χ4n) is 2.80. The molecule has 0 saturated heterocycles. The second-order valence-electron chi connectivity index (χ2n) is 5.16. The van der Waals surface area contributed by atoms with Crippen LogP contribution in [0.4, 0.5) is 5.69 Å². The zero-order chi connectivity index (χ0) is 14.3. The second kappa shape index (κ2) is 5.19. The minimum Gasteiger partial charge on any atom is -0.393 e. The summed E-state index contributed by atoms with van der Waals surface area (Å²) >= 11 is 11.9. The monoisotopic (exact) mass is 311 g/mol. The first kappa shape index (κ1) is 13.6. The third-order valence-corrected chi connectivity index (χ3v) is 4.62. The smallest absolute Gasteiger partial charge is 0.294 e. The number of nitrogens with zero attached hydrogens (tertiary/aromatic N) is 1. The quantitative estimate of drug-likeness (QED) is 0.888. The molecule has 3 rings (SSSR count). The Balaban J connectivity index is 2.07. The number of nitrogens with one attached hydrogen (secondary N) is 1. The third kappa shape index (κ3) is 2.23. The summed E-state index contributed by atoms with van der Waals surface area (Å²) in [7, 11) is 0. The molecule has 1 aromatic carbocycles. The van der Waals surface area contributed by atoms with Gasteiger partial charge in [-0.25, -0.2) is 4.68 Å². The van der Waals surface area contributed by atoms with Gasteiger partial charge in [-0.15, -0.1) is 0 Å². The molecule has 2 aromatic rings. The van der Waals surface area contributed by atoms with Crippen LogP contribution < -0.4 is 11.3 Å². The van der Waals surface area contributed by atoms with Gasteiger partial charge in [-0.3, -0.25) is 9.89 Å². The van der Waals surface area contributed by atoms with Crippen molar-refractivity contribution in [2.24, 2.45) is 0 Å². The number of nitrogens with two attached hydrogens (primary N) is 1. The van der Waals surface area contributed by atoms with Gasteiger partial charge in [-0.05, 0) is 31.0 Å². The van der Waals surface area contributed by atoms with E-state index in [1.165, 1.54) is 17.5 Å². The Kier molecular flexibility index (Phi) is 3.52. The number of H-pyrrole nitrogens is 1. The lowest BCUT2D eigenvalue weighted by molar-refractivity contribution is 0.678. The third-order valence-electron chi connectivity index (χ3n) is 3.88. The Morgan fingerprint density at radius 1 is 1.20 bits per heavy atom. The highest BCUT2D eigenvalue weighted by atomic mass is 35.5. The van der Waals surface area contributed by atoms with E-state index in [0.29, 0.717) is 27.3 Å². The van der Waals surface area contributed by atoms with Crippen LogP contribution in [-0.4, -0.2) is 9.78 Å². The molecule has 0 amide bonds. The van der Waals surface area contributed by atoms with Crippen molar-refractivity contribution in [1.29, 1.82) is 0 Å². The molecule has 1 aliphatic rings. The highest BCUT2D eigenvalue weighted by Crippen LogP contribution is 2.35. The Morgan fingerprint density at radius 3 is 2.55 bits per heavy atom. The Bertz CT molecular complexity index is 699. The number of benzene rings is 1. The molecule has 6 heteroatoms. The first-order valence-electron chi connectivity index (χ1n) is 6.63. The van der Waals surface area contributed by atoms with Gasteiger partial charge in [0.2, 0.25) is 0 Å². The number of hydrogen-bond donors (Lipinski definition) is 2. The van der Waals surface area contributed by atoms with Crippen LogP contribution in [0, 0.1) is 0 Å². The molecule has 1 aliphatic carbocycles. The van der Waals surface area contributed by atoms with Crippen molar-refractivity contribution in [3.63, 3.8) is 0 Å². The molecule has 4 nitrogen and oxygen atoms in total. The van der Waals surface area contributed by atoms with Gasteiger partial charge in [0.25, 0.3) is 5.56 Å². The summed E-state index contributed by atoms with van der Waals surface area (Å²) in [5.74, 6) is 0.353. The Hall–Kier alpha value is -1.39. The van der Waals surface area contributed by atoms with E-state index >= 15 is 0 Å². The van der Waals surface area contributed by atoms with Crippen LogP contribution in [0.5, 0.6) is 0 Å². The van der Waals surface area contributed by atoms with Gasteiger partial charge in [-0.2, -0.15) is 0 Å². The highest BCUT2D eigenvalue weighted by Gasteiger charge is 2.24. The molecule has 1 saturated carbocycles. The predicted molar refractivity (Wildman–Crippen MR) is 82.0 cm³/mol. The van der Waals surface area contributed by atoms with Gasteiger partial charge in [0.1, 0.15) is 5.69 Å². The first-order valence-corrected chi connectivity index (χ1v) is 7.39. The van der Waals surface area contributed by atoms with E-state index < -0.39 is 0 Å². The lowest BCUT2D eigenvalue weighted by atomic mass is 10.0. The zero-order valence-electron chi connectivity index (χ0n) is 10.8. The first-order chi connectivity index (χ1) is 9.58. The van der Waals surface area contributed by atoms with Gasteiger partial charge in [-0.1, -0.05) is 36.0 Å². The van der Waals surface area contributed by atoms with E-state index in [2.05, 4.69) is 5.10 Å². The van der Waals surface area contributed by atoms with Crippen molar-refractivity contribution in [3.05, 3.63) is 44.3 Å². The normalized spacial score (nSPS) is 15.9. The summed E-state index contributed by atoms with van der Waals surface area (Å²) in [6.45, 7) is 0. The van der Waals surface area contributed by atoms with Crippen LogP contribution in [-0.2, 0) is 0 Å². The average Bonchev–Trinajstić information content (AvgIpc) is 3.04. The van der Waals surface area contributed by atoms with Crippen molar-refractivity contribution in [3.8, 4) is 5.69 Å². The molecule has 0 spiro atoms. The molecular formula is C14H15Cl2N3O. The molecule has 0 bridgehead atoms. The summed E-state index contributed by atoms with van der Waals surface area (Å²) < 4.78 is 1.44. The number of anilines is 1. The maximum Gasteiger partial charge on any atom is 0.294 e. The van der Waals surface area contributed by atoms with Crippen LogP contribution in [0.25, 0.3) is 5.69 Å². The van der Waals surface area contributed by atoms with Gasteiger partial charge in [0.15, 0.2) is 0 Å². The SMILES string of the molecule is Nc1c(C2CCCC2)[nH]n(-c2ccc(Cl)c(Cl)c2)c1=O. The summed E-state index contributed by atoms with van der Waals surface area (Å²) in [6.07, 6.45) is 4.52. The molecule has 1 heterocycles. The molecule has 0 atom stereocenters. The van der Waals surface area contributed by atoms with E-state index in [-0.39, 0.29) is 5.56 Å². The van der Waals surface area contributed by atoms with Crippen molar-refractivity contribution in [2.75, 3.05) is 5.73 Å². The van der Waals surface area contributed by atoms with Gasteiger partial charge < -0.3 is 5.73 Å². The van der Waals surface area contributed by atoms with Crippen LogP contribution in [0.15, 0.2) is 23.0 Å². The maximum atomic E-state index is 12.3. The number of rotatable bonds is 2. The molecule has 0 radical (unpaired) electrons. The van der Waals surface area contributed by atoms with Gasteiger partial charge in [0.05, 0.1) is 21.4 Å². The van der Waals surface area contributed by atoms with E-state index in [1.807, 2.05) is 0 Å². The van der Waals surface area contributed by atoms with Crippen LogP contribution in [0.1, 0.15) is 37.3 Å². The Morgan fingerprint density at radius 2 is 1.90 bits per heavy atom. The lowest BCUT2D eigenvalue weighted by Gasteiger charge is -2.07. The van der Waals surface area contributed by atoms with Crippen LogP contribution in [0.3, 0.4) is 0 Å². The fourth-order valence-corrected chi connectivity index (χ4v) is 3.09. The predicted octanol–water partition coefficient (Wildman–Crippen LogP) is 3.71. The van der Waals surface area contributed by atoms with E-state index in [4.69, 9.17) is 28.9 Å². The summed E-state index contributed by atoms with van der Waals surface area (Å²) in [5, 5.41) is 4.00. The van der Waals surface area contributed by atoms with Crippen molar-refractivity contribution in [1.82, 2.24) is 9.78 Å². The van der Waals surface area contributed by atoms with Crippen molar-refractivity contribution >= 4 is 28.9 Å². The van der Waals surface area contributed by atoms with Crippen LogP contribution >= 0.6 is 23.2 Å². The second-order valence-corrected chi connectivity index (χ2v) is 5.97. The number of aromatic amines is 1. The topological polar surface area (TPSA) is 63.8 Å². The summed E-state index contributed by atoms with van der Waals surface area (Å²) in [5.41, 5.74) is 7.53. The number of aromatic nitrogens is 2. The van der Waals surface area contributed by atoms with E-state index in [0.717, 1.165) is 18.5 Å². The van der Waals surface area contributed by atoms with Gasteiger partial charge >= 0.3 is 0 Å². The molecule has 106 valence electrons. The minimum atomic E-state index is -0.231. The van der Waals surface area contributed by atoms with Gasteiger partial charge in [0, 0.05) is 5.92 Å². The highest BCUT2D eigenvalue weighted by molar-refractivity contribution is 6.42. The molecule has 0 aliphatic heterocycles. The number of halogens is 2. The molecular weight excluding hydrogens is 297 g/mol. The molecule has 1 fully saturated rings. The van der Waals surface area contributed by atoms with Crippen LogP contribution in [0.2, 0.25) is 10.0 Å². The van der Waals surface area contributed by atoms with E-state index in [1.54, 1.807) is 18.2 Å².